The average molecular weight is 420 g/mol. The maximum atomic E-state index is 12.9. The van der Waals surface area contributed by atoms with Gasteiger partial charge in [0, 0.05) is 18.0 Å². The highest BCUT2D eigenvalue weighted by Gasteiger charge is 2.27. The van der Waals surface area contributed by atoms with Gasteiger partial charge >= 0.3 is 5.97 Å². The highest BCUT2D eigenvalue weighted by atomic mass is 32.2. The summed E-state index contributed by atoms with van der Waals surface area (Å²) >= 11 is 1.57. The Morgan fingerprint density at radius 1 is 1.21 bits per heavy atom. The minimum Gasteiger partial charge on any atom is -0.466 e. The lowest BCUT2D eigenvalue weighted by Gasteiger charge is -2.29. The summed E-state index contributed by atoms with van der Waals surface area (Å²) in [7, 11) is -1.78. The molecule has 2 unspecified atom stereocenters. The van der Waals surface area contributed by atoms with Gasteiger partial charge in [-0.25, -0.2) is 4.98 Å². The maximum Gasteiger partial charge on any atom is 0.306 e. The minimum absolute atomic E-state index is 0.142. The molecule has 0 aliphatic heterocycles. The second kappa shape index (κ2) is 11.0. The number of esters is 1. The molecule has 6 heteroatoms. The molecule has 28 heavy (non-hydrogen) atoms. The van der Waals surface area contributed by atoms with Gasteiger partial charge in [-0.3, -0.25) is 4.79 Å². The number of rotatable bonds is 9. The van der Waals surface area contributed by atoms with E-state index < -0.39 is 7.80 Å². The molecule has 2 aromatic rings. The van der Waals surface area contributed by atoms with Crippen LogP contribution in [-0.2, 0) is 14.1 Å². The third-order valence-corrected chi connectivity index (χ3v) is 8.86. The van der Waals surface area contributed by atoms with E-state index in [1.54, 1.807) is 11.8 Å². The number of carbonyl (C=O) groups excluding carboxylic acids is 1. The first-order valence-electron chi connectivity index (χ1n) is 10.3. The maximum absolute atomic E-state index is 12.9. The van der Waals surface area contributed by atoms with Crippen LogP contribution in [0.25, 0.3) is 10.9 Å². The lowest BCUT2D eigenvalue weighted by Crippen LogP contribution is -2.24. The number of aromatic nitrogens is 1. The predicted molar refractivity (Wildman–Crippen MR) is 118 cm³/mol. The molecule has 1 aliphatic rings. The number of hydrogen-bond acceptors (Lipinski definition) is 5. The molecule has 1 fully saturated rings. The van der Waals surface area contributed by atoms with Gasteiger partial charge in [0.1, 0.15) is 0 Å². The van der Waals surface area contributed by atoms with Crippen molar-refractivity contribution in [2.75, 3.05) is 18.3 Å². The van der Waals surface area contributed by atoms with E-state index in [1.165, 1.54) is 19.3 Å². The van der Waals surface area contributed by atoms with Crippen molar-refractivity contribution < 1.29 is 14.1 Å². The molecule has 0 bridgehead atoms. The topological polar surface area (TPSA) is 56.3 Å². The number of para-hydroxylation sites is 1. The van der Waals surface area contributed by atoms with E-state index in [9.17, 15) is 9.36 Å². The third-order valence-electron chi connectivity index (χ3n) is 5.49. The molecule has 0 saturated heterocycles. The largest absolute Gasteiger partial charge is 0.466 e. The summed E-state index contributed by atoms with van der Waals surface area (Å²) in [4.78, 5) is 16.7. The van der Waals surface area contributed by atoms with E-state index in [4.69, 9.17) is 4.74 Å². The van der Waals surface area contributed by atoms with Gasteiger partial charge in [-0.05, 0) is 30.9 Å². The number of ether oxygens (including phenoxy) is 1. The Kier molecular flexibility index (Phi) is 8.42. The summed E-state index contributed by atoms with van der Waals surface area (Å²) < 4.78 is 18.0. The molecule has 2 atom stereocenters. The van der Waals surface area contributed by atoms with Crippen molar-refractivity contribution in [2.45, 2.75) is 50.5 Å². The van der Waals surface area contributed by atoms with Gasteiger partial charge in [0.25, 0.3) is 0 Å². The van der Waals surface area contributed by atoms with Gasteiger partial charge in [-0.2, -0.15) is 0 Å². The van der Waals surface area contributed by atoms with Crippen LogP contribution in [0.15, 0.2) is 41.4 Å². The summed E-state index contributed by atoms with van der Waals surface area (Å²) in [5.74, 6) is 0.559. The zero-order valence-electron chi connectivity index (χ0n) is 16.6. The van der Waals surface area contributed by atoms with Crippen molar-refractivity contribution in [1.82, 2.24) is 4.98 Å². The summed E-state index contributed by atoms with van der Waals surface area (Å²) in [6.45, 7) is 2.25. The van der Waals surface area contributed by atoms with Gasteiger partial charge < -0.3 is 9.30 Å². The van der Waals surface area contributed by atoms with E-state index in [2.05, 4.69) is 11.1 Å². The number of benzene rings is 1. The zero-order chi connectivity index (χ0) is 19.8. The second-order valence-corrected chi connectivity index (χ2v) is 10.9. The standard InChI is InChI=1S/C22H30NO3PS/c1-2-26-22(24)14-19(17-8-4-3-5-9-17)15-27(25)16-28-21-13-12-18-10-6-7-11-20(18)23-21/h6-7,10-13,17,19,27H,2-5,8-9,14-16H2,1H3. The highest BCUT2D eigenvalue weighted by molar-refractivity contribution is 8.03. The Bertz CT molecular complexity index is 807. The third kappa shape index (κ3) is 6.35. The Labute approximate surface area is 172 Å². The average Bonchev–Trinajstić information content (AvgIpc) is 2.72. The van der Waals surface area contributed by atoms with Gasteiger partial charge in [0.05, 0.1) is 30.4 Å². The van der Waals surface area contributed by atoms with E-state index in [0.717, 1.165) is 28.8 Å². The van der Waals surface area contributed by atoms with Gasteiger partial charge in [-0.15, -0.1) is 0 Å². The van der Waals surface area contributed by atoms with Crippen LogP contribution in [0.3, 0.4) is 0 Å². The van der Waals surface area contributed by atoms with E-state index in [1.807, 2.05) is 37.3 Å². The summed E-state index contributed by atoms with van der Waals surface area (Å²) in [5.41, 5.74) is 1.55. The molecule has 1 aromatic heterocycles. The number of hydrogen-bond donors (Lipinski definition) is 0. The molecule has 152 valence electrons. The quantitative estimate of drug-likeness (QED) is 0.284. The van der Waals surface area contributed by atoms with E-state index in [0.29, 0.717) is 30.6 Å². The smallest absolute Gasteiger partial charge is 0.306 e. The monoisotopic (exact) mass is 419 g/mol. The summed E-state index contributed by atoms with van der Waals surface area (Å²) in [6.07, 6.45) is 7.09. The zero-order valence-corrected chi connectivity index (χ0v) is 18.4. The SMILES string of the molecule is CCOC(=O)CC(C[PH](=O)CSc1ccc2ccccc2n1)C1CCCCC1. The fourth-order valence-corrected chi connectivity index (χ4v) is 7.18. The molecule has 1 aliphatic carbocycles. The van der Waals surface area contributed by atoms with E-state index >= 15 is 0 Å². The lowest BCUT2D eigenvalue weighted by molar-refractivity contribution is -0.144. The molecule has 1 saturated carbocycles. The van der Waals surface area contributed by atoms with Crippen molar-refractivity contribution in [1.29, 1.82) is 0 Å². The number of carbonyl (C=O) groups is 1. The van der Waals surface area contributed by atoms with Crippen LogP contribution in [0.2, 0.25) is 0 Å². The Morgan fingerprint density at radius 3 is 2.79 bits per heavy atom. The van der Waals surface area contributed by atoms with Crippen LogP contribution in [-0.4, -0.2) is 29.2 Å². The first-order valence-corrected chi connectivity index (χ1v) is 13.1. The second-order valence-electron chi connectivity index (χ2n) is 7.54. The van der Waals surface area contributed by atoms with Crippen LogP contribution in [0.1, 0.15) is 45.4 Å². The van der Waals surface area contributed by atoms with Crippen LogP contribution >= 0.6 is 19.6 Å². The lowest BCUT2D eigenvalue weighted by atomic mass is 9.79. The Hall–Kier alpha value is -1.32. The first kappa shape index (κ1) is 21.4. The number of pyridine rings is 1. The van der Waals surface area contributed by atoms with Crippen LogP contribution in [0.5, 0.6) is 0 Å². The van der Waals surface area contributed by atoms with Crippen LogP contribution in [0.4, 0.5) is 0 Å². The molecule has 0 radical (unpaired) electrons. The molecule has 1 heterocycles. The van der Waals surface area contributed by atoms with Gasteiger partial charge in [0.15, 0.2) is 0 Å². The molecular formula is C22H30NO3PS. The van der Waals surface area contributed by atoms with Crippen molar-refractivity contribution in [2.24, 2.45) is 11.8 Å². The normalized spacial score (nSPS) is 17.3. The molecule has 4 nitrogen and oxygen atoms in total. The molecule has 3 rings (SSSR count). The van der Waals surface area contributed by atoms with Crippen LogP contribution in [0, 0.1) is 11.8 Å². The molecule has 0 amide bonds. The van der Waals surface area contributed by atoms with Crippen molar-refractivity contribution in [3.63, 3.8) is 0 Å². The van der Waals surface area contributed by atoms with Crippen molar-refractivity contribution >= 4 is 36.4 Å². The molecule has 0 N–H and O–H groups in total. The fourth-order valence-electron chi connectivity index (χ4n) is 4.08. The van der Waals surface area contributed by atoms with Crippen LogP contribution < -0.4 is 0 Å². The molecule has 1 aromatic carbocycles. The highest BCUT2D eigenvalue weighted by Crippen LogP contribution is 2.40. The predicted octanol–water partition coefficient (Wildman–Crippen LogP) is 5.99. The van der Waals surface area contributed by atoms with Gasteiger partial charge in [0.2, 0.25) is 0 Å². The Balaban J connectivity index is 1.57. The fraction of sp³-hybridized carbons (Fsp3) is 0.545. The van der Waals surface area contributed by atoms with Crippen molar-refractivity contribution in [3.8, 4) is 0 Å². The van der Waals surface area contributed by atoms with Gasteiger partial charge in [-0.1, -0.05) is 68.1 Å². The summed E-state index contributed by atoms with van der Waals surface area (Å²) in [5, 5.41) is 2.03. The molecular weight excluding hydrogens is 389 g/mol. The number of fused-ring (bicyclic) bond motifs is 1. The number of thioether (sulfide) groups is 1. The summed E-state index contributed by atoms with van der Waals surface area (Å²) in [6, 6.07) is 12.1. The number of nitrogens with zero attached hydrogens (tertiary/aromatic N) is 1. The van der Waals surface area contributed by atoms with Crippen molar-refractivity contribution in [3.05, 3.63) is 36.4 Å². The van der Waals surface area contributed by atoms with E-state index in [-0.39, 0.29) is 11.9 Å². The Morgan fingerprint density at radius 2 is 2.00 bits per heavy atom. The molecule has 0 spiro atoms. The first-order chi connectivity index (χ1) is 13.7. The minimum atomic E-state index is -1.78.